The predicted molar refractivity (Wildman–Crippen MR) is 133 cm³/mol. The van der Waals surface area contributed by atoms with Crippen LogP contribution in [0.25, 0.3) is 17.1 Å². The molecule has 3 aromatic carbocycles. The summed E-state index contributed by atoms with van der Waals surface area (Å²) in [5, 5.41) is 22.7. The summed E-state index contributed by atoms with van der Waals surface area (Å²) >= 11 is 1.31. The van der Waals surface area contributed by atoms with Gasteiger partial charge in [0.1, 0.15) is 5.75 Å². The van der Waals surface area contributed by atoms with Crippen LogP contribution in [0.2, 0.25) is 0 Å². The third-order valence-corrected chi connectivity index (χ3v) is 6.27. The molecular formula is C26H26N4O2S. The summed E-state index contributed by atoms with van der Waals surface area (Å²) in [7, 11) is 0. The molecule has 0 atom stereocenters. The fourth-order valence-electron chi connectivity index (χ4n) is 3.81. The standard InChI is InChI=1S/C26H26N4O2S/c1-16-9-11-20(12-10-16)30-25(21-7-5-6-8-22(21)31)28-29-26(30)33-15-23(32)27-24-18(3)13-17(2)14-19(24)4/h5-14,31H,15H2,1-4H3,(H,27,32). The highest BCUT2D eigenvalue weighted by atomic mass is 32.2. The molecule has 0 saturated carbocycles. The summed E-state index contributed by atoms with van der Waals surface area (Å²) in [6, 6.07) is 19.1. The van der Waals surface area contributed by atoms with Crippen molar-refractivity contribution >= 4 is 23.4 Å². The summed E-state index contributed by atoms with van der Waals surface area (Å²) in [6.07, 6.45) is 0. The maximum atomic E-state index is 12.8. The van der Waals surface area contributed by atoms with E-state index in [1.54, 1.807) is 18.2 Å². The number of thioether (sulfide) groups is 1. The molecule has 0 radical (unpaired) electrons. The highest BCUT2D eigenvalue weighted by molar-refractivity contribution is 7.99. The molecule has 0 fully saturated rings. The molecule has 0 saturated heterocycles. The minimum absolute atomic E-state index is 0.113. The summed E-state index contributed by atoms with van der Waals surface area (Å²) in [4.78, 5) is 12.8. The Morgan fingerprint density at radius 1 is 0.939 bits per heavy atom. The van der Waals surface area contributed by atoms with Crippen LogP contribution < -0.4 is 5.32 Å². The normalized spacial score (nSPS) is 10.9. The van der Waals surface area contributed by atoms with E-state index in [0.717, 1.165) is 28.1 Å². The molecule has 0 bridgehead atoms. The van der Waals surface area contributed by atoms with Crippen LogP contribution in [-0.2, 0) is 4.79 Å². The van der Waals surface area contributed by atoms with Gasteiger partial charge >= 0.3 is 0 Å². The van der Waals surface area contributed by atoms with Gasteiger partial charge in [0.05, 0.1) is 11.3 Å². The molecule has 33 heavy (non-hydrogen) atoms. The summed E-state index contributed by atoms with van der Waals surface area (Å²) in [5.74, 6) is 0.706. The number of amides is 1. The van der Waals surface area contributed by atoms with Gasteiger partial charge in [0.2, 0.25) is 5.91 Å². The Hall–Kier alpha value is -3.58. The Labute approximate surface area is 197 Å². The number of aryl methyl sites for hydroxylation is 4. The number of para-hydroxylation sites is 1. The third kappa shape index (κ3) is 4.93. The van der Waals surface area contributed by atoms with Gasteiger partial charge in [0, 0.05) is 11.4 Å². The lowest BCUT2D eigenvalue weighted by atomic mass is 10.1. The third-order valence-electron chi connectivity index (χ3n) is 5.34. The van der Waals surface area contributed by atoms with Crippen LogP contribution in [0.15, 0.2) is 65.8 Å². The average molecular weight is 459 g/mol. The van der Waals surface area contributed by atoms with Crippen molar-refractivity contribution < 1.29 is 9.90 Å². The van der Waals surface area contributed by atoms with Crippen LogP contribution >= 0.6 is 11.8 Å². The largest absolute Gasteiger partial charge is 0.507 e. The molecule has 0 aliphatic heterocycles. The molecule has 6 nitrogen and oxygen atoms in total. The molecule has 4 rings (SSSR count). The summed E-state index contributed by atoms with van der Waals surface area (Å²) < 4.78 is 1.87. The van der Waals surface area contributed by atoms with Gasteiger partial charge in [-0.2, -0.15) is 0 Å². The van der Waals surface area contributed by atoms with E-state index in [-0.39, 0.29) is 17.4 Å². The van der Waals surface area contributed by atoms with E-state index in [9.17, 15) is 9.90 Å². The van der Waals surface area contributed by atoms with Gasteiger partial charge in [-0.05, 0) is 63.1 Å². The number of carbonyl (C=O) groups excluding carboxylic acids is 1. The SMILES string of the molecule is Cc1ccc(-n2c(SCC(=O)Nc3c(C)cc(C)cc3C)nnc2-c2ccccc2O)cc1. The van der Waals surface area contributed by atoms with Gasteiger partial charge in [-0.3, -0.25) is 9.36 Å². The quantitative estimate of drug-likeness (QED) is 0.368. The van der Waals surface area contributed by atoms with Gasteiger partial charge in [-0.25, -0.2) is 0 Å². The number of nitrogens with one attached hydrogen (secondary N) is 1. The van der Waals surface area contributed by atoms with E-state index in [4.69, 9.17) is 0 Å². The first kappa shape index (κ1) is 22.6. The number of nitrogens with zero attached hydrogens (tertiary/aromatic N) is 3. The van der Waals surface area contributed by atoms with Gasteiger partial charge in [0.25, 0.3) is 0 Å². The number of anilines is 1. The van der Waals surface area contributed by atoms with Crippen molar-refractivity contribution in [2.45, 2.75) is 32.9 Å². The van der Waals surface area contributed by atoms with Gasteiger partial charge in [-0.15, -0.1) is 10.2 Å². The maximum absolute atomic E-state index is 12.8. The average Bonchev–Trinajstić information content (AvgIpc) is 3.19. The van der Waals surface area contributed by atoms with Crippen LogP contribution in [-0.4, -0.2) is 31.5 Å². The highest BCUT2D eigenvalue weighted by Gasteiger charge is 2.19. The van der Waals surface area contributed by atoms with Crippen molar-refractivity contribution in [3.63, 3.8) is 0 Å². The fourth-order valence-corrected chi connectivity index (χ4v) is 4.56. The molecule has 1 aromatic heterocycles. The van der Waals surface area contributed by atoms with E-state index in [1.807, 2.05) is 62.6 Å². The number of aromatic nitrogens is 3. The minimum atomic E-state index is -0.113. The molecule has 2 N–H and O–H groups in total. The highest BCUT2D eigenvalue weighted by Crippen LogP contribution is 2.33. The monoisotopic (exact) mass is 458 g/mol. The number of carbonyl (C=O) groups is 1. The Bertz CT molecular complexity index is 1290. The summed E-state index contributed by atoms with van der Waals surface area (Å²) in [5.41, 5.74) is 6.66. The van der Waals surface area contributed by atoms with Crippen molar-refractivity contribution in [3.8, 4) is 22.8 Å². The smallest absolute Gasteiger partial charge is 0.234 e. The zero-order valence-electron chi connectivity index (χ0n) is 19.1. The second-order valence-electron chi connectivity index (χ2n) is 8.10. The zero-order chi connectivity index (χ0) is 23.5. The second kappa shape index (κ2) is 9.50. The van der Waals surface area contributed by atoms with Gasteiger partial charge in [0.15, 0.2) is 11.0 Å². The maximum Gasteiger partial charge on any atom is 0.234 e. The first-order valence-corrected chi connectivity index (χ1v) is 11.6. The fraction of sp³-hybridized carbons (Fsp3) is 0.192. The van der Waals surface area contributed by atoms with Crippen LogP contribution in [0.1, 0.15) is 22.3 Å². The molecular weight excluding hydrogens is 432 g/mol. The lowest BCUT2D eigenvalue weighted by molar-refractivity contribution is -0.113. The lowest BCUT2D eigenvalue weighted by Crippen LogP contribution is -2.16. The van der Waals surface area contributed by atoms with Crippen molar-refractivity contribution in [1.29, 1.82) is 0 Å². The Kier molecular flexibility index (Phi) is 6.51. The lowest BCUT2D eigenvalue weighted by Gasteiger charge is -2.13. The Balaban J connectivity index is 1.62. The number of benzene rings is 3. The van der Waals surface area contributed by atoms with Crippen LogP contribution in [0.5, 0.6) is 5.75 Å². The van der Waals surface area contributed by atoms with E-state index in [1.165, 1.54) is 17.3 Å². The van der Waals surface area contributed by atoms with E-state index in [2.05, 4.69) is 27.6 Å². The zero-order valence-corrected chi connectivity index (χ0v) is 19.9. The molecule has 1 amide bonds. The topological polar surface area (TPSA) is 80.0 Å². The number of hydrogen-bond acceptors (Lipinski definition) is 5. The minimum Gasteiger partial charge on any atom is -0.507 e. The van der Waals surface area contributed by atoms with Crippen molar-refractivity contribution in [2.24, 2.45) is 0 Å². The molecule has 7 heteroatoms. The molecule has 1 heterocycles. The number of phenolic OH excluding ortho intramolecular Hbond substituents is 1. The Morgan fingerprint density at radius 2 is 1.61 bits per heavy atom. The van der Waals surface area contributed by atoms with Crippen LogP contribution in [0.4, 0.5) is 5.69 Å². The Morgan fingerprint density at radius 3 is 2.27 bits per heavy atom. The van der Waals surface area contributed by atoms with Crippen LogP contribution in [0.3, 0.4) is 0 Å². The van der Waals surface area contributed by atoms with Crippen LogP contribution in [0, 0.1) is 27.7 Å². The van der Waals surface area contributed by atoms with E-state index in [0.29, 0.717) is 16.5 Å². The van der Waals surface area contributed by atoms with E-state index >= 15 is 0 Å². The molecule has 0 unspecified atom stereocenters. The number of phenols is 1. The van der Waals surface area contributed by atoms with Gasteiger partial charge < -0.3 is 10.4 Å². The summed E-state index contributed by atoms with van der Waals surface area (Å²) in [6.45, 7) is 8.06. The van der Waals surface area contributed by atoms with E-state index < -0.39 is 0 Å². The van der Waals surface area contributed by atoms with Crippen molar-refractivity contribution in [1.82, 2.24) is 14.8 Å². The second-order valence-corrected chi connectivity index (χ2v) is 9.05. The van der Waals surface area contributed by atoms with Crippen molar-refractivity contribution in [3.05, 3.63) is 82.9 Å². The first-order chi connectivity index (χ1) is 15.8. The molecule has 0 aliphatic carbocycles. The number of aromatic hydroxyl groups is 1. The van der Waals surface area contributed by atoms with Gasteiger partial charge in [-0.1, -0.05) is 59.3 Å². The molecule has 0 spiro atoms. The molecule has 168 valence electrons. The molecule has 4 aromatic rings. The van der Waals surface area contributed by atoms with Crippen molar-refractivity contribution in [2.75, 3.05) is 11.1 Å². The number of hydrogen-bond donors (Lipinski definition) is 2. The number of rotatable bonds is 6. The first-order valence-electron chi connectivity index (χ1n) is 10.6. The molecule has 0 aliphatic rings. The predicted octanol–water partition coefficient (Wildman–Crippen LogP) is 5.60.